The van der Waals surface area contributed by atoms with Gasteiger partial charge in [-0.1, -0.05) is 12.1 Å². The highest BCUT2D eigenvalue weighted by Gasteiger charge is 2.29. The van der Waals surface area contributed by atoms with Crippen LogP contribution in [0.25, 0.3) is 17.2 Å². The third-order valence-electron chi connectivity index (χ3n) is 5.57. The van der Waals surface area contributed by atoms with Gasteiger partial charge < -0.3 is 19.1 Å². The van der Waals surface area contributed by atoms with Crippen molar-refractivity contribution >= 4 is 11.3 Å². The first-order valence-electron chi connectivity index (χ1n) is 11.2. The van der Waals surface area contributed by atoms with Gasteiger partial charge in [0.2, 0.25) is 0 Å². The molecule has 4 aromatic rings. The molecule has 0 aliphatic heterocycles. The zero-order valence-electron chi connectivity index (χ0n) is 20.7. The second kappa shape index (κ2) is 11.5. The highest BCUT2D eigenvalue weighted by molar-refractivity contribution is 7.77. The van der Waals surface area contributed by atoms with E-state index in [9.17, 15) is 13.9 Å². The van der Waals surface area contributed by atoms with Crippen LogP contribution in [0.5, 0.6) is 11.5 Å². The van der Waals surface area contributed by atoms with Crippen LogP contribution in [0.2, 0.25) is 0 Å². The summed E-state index contributed by atoms with van der Waals surface area (Å²) in [5, 5.41) is 19.8. The first kappa shape index (κ1) is 26.3. The van der Waals surface area contributed by atoms with Crippen molar-refractivity contribution in [2.45, 2.75) is 32.4 Å². The van der Waals surface area contributed by atoms with E-state index in [1.807, 2.05) is 26.0 Å². The Labute approximate surface area is 216 Å². The second-order valence-corrected chi connectivity index (χ2v) is 8.88. The zero-order chi connectivity index (χ0) is 26.5. The molecule has 4 rings (SSSR count). The minimum Gasteiger partial charge on any atom is -0.760 e. The quantitative estimate of drug-likeness (QED) is 0.293. The van der Waals surface area contributed by atoms with E-state index in [0.29, 0.717) is 34.5 Å². The maximum absolute atomic E-state index is 11.7. The first-order valence-corrected chi connectivity index (χ1v) is 12.3. The van der Waals surface area contributed by atoms with E-state index in [-0.39, 0.29) is 12.2 Å². The number of pyridine rings is 1. The summed E-state index contributed by atoms with van der Waals surface area (Å²) in [7, 11) is 3.05. The number of aliphatic hydroxyl groups excluding tert-OH is 1. The summed E-state index contributed by atoms with van der Waals surface area (Å²) in [6.45, 7) is 3.67. The van der Waals surface area contributed by atoms with Gasteiger partial charge in [0.1, 0.15) is 34.8 Å². The molecule has 2 N–H and O–H groups in total. The number of hydrogen-bond acceptors (Lipinski definition) is 10. The van der Waals surface area contributed by atoms with E-state index >= 15 is 0 Å². The number of methoxy groups -OCH3 is 2. The van der Waals surface area contributed by atoms with Crippen molar-refractivity contribution < 1.29 is 23.3 Å². The van der Waals surface area contributed by atoms with Crippen molar-refractivity contribution in [2.75, 3.05) is 14.2 Å². The van der Waals surface area contributed by atoms with Crippen LogP contribution in [-0.2, 0) is 17.7 Å². The SMILES string of the molecule is COc1cccc(OC)c1-n1c(C[C@H](NS(=O)[O-])[C@H](O)c2ncc(C)cn2)nnc1-c1cccc(C)n1. The molecule has 0 amide bonds. The number of benzene rings is 1. The summed E-state index contributed by atoms with van der Waals surface area (Å²) in [6.07, 6.45) is 1.64. The Bertz CT molecular complexity index is 1370. The molecular formula is C24H26N7O5S-. The molecule has 1 unspecified atom stereocenters. The normalized spacial score (nSPS) is 13.7. The fraction of sp³-hybridized carbons (Fsp3) is 0.292. The van der Waals surface area contributed by atoms with Gasteiger partial charge in [-0.15, -0.1) is 10.2 Å². The lowest BCUT2D eigenvalue weighted by atomic mass is 10.1. The molecular weight excluding hydrogens is 498 g/mol. The summed E-state index contributed by atoms with van der Waals surface area (Å²) in [6, 6.07) is 9.72. The number of nitrogens with zero attached hydrogens (tertiary/aromatic N) is 6. The van der Waals surface area contributed by atoms with E-state index in [1.54, 1.807) is 41.2 Å². The molecule has 0 saturated carbocycles. The number of aromatic nitrogens is 6. The Morgan fingerprint density at radius 1 is 1.05 bits per heavy atom. The summed E-state index contributed by atoms with van der Waals surface area (Å²) >= 11 is -2.70. The molecule has 0 bridgehead atoms. The summed E-state index contributed by atoms with van der Waals surface area (Å²) < 4.78 is 38.6. The van der Waals surface area contributed by atoms with Crippen molar-refractivity contribution in [1.29, 1.82) is 0 Å². The van der Waals surface area contributed by atoms with Gasteiger partial charge in [0.15, 0.2) is 11.6 Å². The van der Waals surface area contributed by atoms with Crippen LogP contribution in [-0.4, -0.2) is 63.8 Å². The molecule has 0 aliphatic carbocycles. The summed E-state index contributed by atoms with van der Waals surface area (Å²) in [5.41, 5.74) is 2.60. The number of hydrogen-bond donors (Lipinski definition) is 2. The van der Waals surface area contributed by atoms with Gasteiger partial charge in [-0.05, 0) is 43.7 Å². The molecule has 0 saturated heterocycles. The molecule has 3 heterocycles. The number of aryl methyl sites for hydroxylation is 2. The predicted molar refractivity (Wildman–Crippen MR) is 134 cm³/mol. The monoisotopic (exact) mass is 524 g/mol. The Morgan fingerprint density at radius 3 is 2.30 bits per heavy atom. The van der Waals surface area contributed by atoms with E-state index in [2.05, 4.69) is 29.9 Å². The maximum Gasteiger partial charge on any atom is 0.187 e. The van der Waals surface area contributed by atoms with Crippen LogP contribution in [0.3, 0.4) is 0 Å². The van der Waals surface area contributed by atoms with Gasteiger partial charge in [0.05, 0.1) is 20.3 Å². The van der Waals surface area contributed by atoms with Crippen LogP contribution in [0.1, 0.15) is 29.0 Å². The number of para-hydroxylation sites is 1. The predicted octanol–water partition coefficient (Wildman–Crippen LogP) is 1.78. The molecule has 1 aromatic carbocycles. The molecule has 12 nitrogen and oxygen atoms in total. The van der Waals surface area contributed by atoms with Crippen LogP contribution in [0.4, 0.5) is 0 Å². The number of ether oxygens (including phenoxy) is 2. The van der Waals surface area contributed by atoms with Crippen molar-refractivity contribution in [2.24, 2.45) is 0 Å². The van der Waals surface area contributed by atoms with E-state index in [0.717, 1.165) is 11.3 Å². The Balaban J connectivity index is 1.88. The molecule has 0 aliphatic rings. The van der Waals surface area contributed by atoms with Crippen molar-refractivity contribution in [3.63, 3.8) is 0 Å². The lowest BCUT2D eigenvalue weighted by Crippen LogP contribution is -2.39. The summed E-state index contributed by atoms with van der Waals surface area (Å²) in [5.74, 6) is 1.69. The average Bonchev–Trinajstić information content (AvgIpc) is 3.30. The molecule has 3 aromatic heterocycles. The topological polar surface area (TPSA) is 160 Å². The van der Waals surface area contributed by atoms with Crippen molar-refractivity contribution in [3.8, 4) is 28.7 Å². The lowest BCUT2D eigenvalue weighted by Gasteiger charge is -2.25. The number of nitrogens with one attached hydrogen (secondary N) is 1. The maximum atomic E-state index is 11.7. The van der Waals surface area contributed by atoms with Gasteiger partial charge >= 0.3 is 0 Å². The molecule has 194 valence electrons. The fourth-order valence-corrected chi connectivity index (χ4v) is 4.30. The standard InChI is InChI=1S/C24H27N7O5S/c1-14-12-25-23(26-13-14)22(32)17(30-37(33)34)11-20-28-29-24(16-8-5-7-15(2)27-16)31(20)21-18(35-3)9-6-10-19(21)36-4/h5-10,12-13,17,22,30,32H,11H2,1-4H3,(H,33,34)/p-1/t17-,22-/m0/s1. The van der Waals surface area contributed by atoms with Crippen LogP contribution < -0.4 is 14.2 Å². The number of rotatable bonds is 10. The van der Waals surface area contributed by atoms with Gasteiger partial charge in [-0.3, -0.25) is 8.78 Å². The second-order valence-electron chi connectivity index (χ2n) is 8.18. The Kier molecular flexibility index (Phi) is 8.18. The van der Waals surface area contributed by atoms with Crippen molar-refractivity contribution in [1.82, 2.24) is 34.4 Å². The Hall–Kier alpha value is -3.78. The smallest absolute Gasteiger partial charge is 0.187 e. The Morgan fingerprint density at radius 2 is 1.70 bits per heavy atom. The third kappa shape index (κ3) is 5.80. The van der Waals surface area contributed by atoms with Gasteiger partial charge in [0.25, 0.3) is 0 Å². The molecule has 13 heteroatoms. The highest BCUT2D eigenvalue weighted by atomic mass is 32.2. The van der Waals surface area contributed by atoms with Gasteiger partial charge in [0, 0.05) is 35.8 Å². The average molecular weight is 525 g/mol. The molecule has 0 fully saturated rings. The van der Waals surface area contributed by atoms with E-state index in [1.165, 1.54) is 14.2 Å². The third-order valence-corrected chi connectivity index (χ3v) is 6.06. The van der Waals surface area contributed by atoms with Gasteiger partial charge in [-0.25, -0.2) is 19.7 Å². The van der Waals surface area contributed by atoms with E-state index in [4.69, 9.17) is 9.47 Å². The zero-order valence-corrected chi connectivity index (χ0v) is 21.5. The number of aliphatic hydroxyl groups is 1. The van der Waals surface area contributed by atoms with Crippen molar-refractivity contribution in [3.05, 3.63) is 71.7 Å². The molecule has 0 radical (unpaired) electrons. The minimum absolute atomic E-state index is 0.0649. The van der Waals surface area contributed by atoms with Gasteiger partial charge in [-0.2, -0.15) is 0 Å². The minimum atomic E-state index is -2.70. The first-order chi connectivity index (χ1) is 17.8. The van der Waals surface area contributed by atoms with Crippen LogP contribution >= 0.6 is 0 Å². The van der Waals surface area contributed by atoms with Crippen LogP contribution in [0.15, 0.2) is 48.8 Å². The fourth-order valence-electron chi connectivity index (χ4n) is 3.84. The lowest BCUT2D eigenvalue weighted by molar-refractivity contribution is 0.128. The van der Waals surface area contributed by atoms with Crippen LogP contribution in [0, 0.1) is 13.8 Å². The molecule has 3 atom stereocenters. The van der Waals surface area contributed by atoms with E-state index < -0.39 is 23.4 Å². The highest BCUT2D eigenvalue weighted by Crippen LogP contribution is 2.36. The molecule has 37 heavy (non-hydrogen) atoms. The summed E-state index contributed by atoms with van der Waals surface area (Å²) in [4.78, 5) is 12.9. The molecule has 0 spiro atoms. The largest absolute Gasteiger partial charge is 0.760 e.